The molecule has 0 saturated carbocycles. The maximum Gasteiger partial charge on any atom is 0.267 e. The molecular weight excluding hydrogens is 338 g/mol. The second-order valence-corrected chi connectivity index (χ2v) is 5.77. The minimum atomic E-state index is -0.336. The fraction of sp³-hybridized carbons (Fsp3) is 0.389. The van der Waals surface area contributed by atoms with Gasteiger partial charge in [-0.15, -0.1) is 0 Å². The number of ether oxygens (including phenoxy) is 3. The van der Waals surface area contributed by atoms with E-state index in [0.717, 1.165) is 0 Å². The minimum Gasteiger partial charge on any atom is -0.497 e. The Bertz CT molecular complexity index is 843. The molecule has 0 atom stereocenters. The van der Waals surface area contributed by atoms with Gasteiger partial charge >= 0.3 is 0 Å². The summed E-state index contributed by atoms with van der Waals surface area (Å²) in [5, 5.41) is 4.35. The number of aromatic nitrogens is 2. The summed E-state index contributed by atoms with van der Waals surface area (Å²) in [5.41, 5.74) is 0.867. The number of morpholine rings is 1. The number of nitrogens with zero attached hydrogens (tertiary/aromatic N) is 3. The second kappa shape index (κ2) is 8.01. The molecule has 26 heavy (non-hydrogen) atoms. The van der Waals surface area contributed by atoms with Crippen molar-refractivity contribution in [2.45, 2.75) is 6.54 Å². The molecule has 0 unspecified atom stereocenters. The highest BCUT2D eigenvalue weighted by Crippen LogP contribution is 2.31. The number of hydrogen-bond donors (Lipinski definition) is 0. The van der Waals surface area contributed by atoms with Crippen LogP contribution in [0.15, 0.2) is 35.1 Å². The summed E-state index contributed by atoms with van der Waals surface area (Å²) >= 11 is 0. The Hall–Kier alpha value is -2.87. The van der Waals surface area contributed by atoms with Crippen molar-refractivity contribution in [3.05, 3.63) is 40.7 Å². The highest BCUT2D eigenvalue weighted by Gasteiger charge is 2.18. The maximum atomic E-state index is 12.4. The van der Waals surface area contributed by atoms with Crippen LogP contribution in [0.1, 0.15) is 0 Å². The van der Waals surface area contributed by atoms with Gasteiger partial charge in [0.05, 0.1) is 33.1 Å². The lowest BCUT2D eigenvalue weighted by Crippen LogP contribution is -2.43. The van der Waals surface area contributed by atoms with Crippen molar-refractivity contribution >= 4 is 5.91 Å². The predicted molar refractivity (Wildman–Crippen MR) is 94.4 cm³/mol. The number of amides is 1. The van der Waals surface area contributed by atoms with E-state index in [1.165, 1.54) is 10.7 Å². The Labute approximate surface area is 150 Å². The van der Waals surface area contributed by atoms with Crippen LogP contribution in [0.5, 0.6) is 11.5 Å². The van der Waals surface area contributed by atoms with Crippen LogP contribution in [0, 0.1) is 0 Å². The molecule has 2 heterocycles. The zero-order valence-electron chi connectivity index (χ0n) is 14.8. The maximum absolute atomic E-state index is 12.4. The summed E-state index contributed by atoms with van der Waals surface area (Å²) in [6, 6.07) is 8.33. The van der Waals surface area contributed by atoms with E-state index in [4.69, 9.17) is 14.2 Å². The van der Waals surface area contributed by atoms with Gasteiger partial charge in [-0.25, -0.2) is 4.68 Å². The largest absolute Gasteiger partial charge is 0.497 e. The predicted octanol–water partition coefficient (Wildman–Crippen LogP) is 0.786. The highest BCUT2D eigenvalue weighted by molar-refractivity contribution is 5.76. The summed E-state index contributed by atoms with van der Waals surface area (Å²) in [7, 11) is 3.13. The van der Waals surface area contributed by atoms with Gasteiger partial charge in [-0.3, -0.25) is 9.59 Å². The molecule has 1 amide bonds. The number of carbonyl (C=O) groups excluding carboxylic acids is 1. The molecule has 1 aliphatic rings. The van der Waals surface area contributed by atoms with Gasteiger partial charge in [-0.1, -0.05) is 0 Å². The van der Waals surface area contributed by atoms with Gasteiger partial charge in [0.1, 0.15) is 18.0 Å². The Balaban J connectivity index is 1.90. The van der Waals surface area contributed by atoms with Crippen LogP contribution in [-0.2, 0) is 16.1 Å². The van der Waals surface area contributed by atoms with Crippen LogP contribution in [-0.4, -0.2) is 61.1 Å². The second-order valence-electron chi connectivity index (χ2n) is 5.77. The van der Waals surface area contributed by atoms with E-state index in [-0.39, 0.29) is 18.0 Å². The SMILES string of the molecule is COc1ccc(OC)c(-c2ccc(=O)n(CC(=O)N3CCOCC3)n2)c1. The Morgan fingerprint density at radius 2 is 1.92 bits per heavy atom. The van der Waals surface area contributed by atoms with Crippen LogP contribution < -0.4 is 15.0 Å². The van der Waals surface area contributed by atoms with E-state index in [9.17, 15) is 9.59 Å². The third-order valence-electron chi connectivity index (χ3n) is 4.20. The Kier molecular flexibility index (Phi) is 5.52. The fourth-order valence-corrected chi connectivity index (χ4v) is 2.76. The molecule has 1 aromatic carbocycles. The van der Waals surface area contributed by atoms with Gasteiger partial charge in [0.25, 0.3) is 5.56 Å². The van der Waals surface area contributed by atoms with Crippen molar-refractivity contribution in [1.29, 1.82) is 0 Å². The van der Waals surface area contributed by atoms with E-state index >= 15 is 0 Å². The van der Waals surface area contributed by atoms with Crippen molar-refractivity contribution in [1.82, 2.24) is 14.7 Å². The van der Waals surface area contributed by atoms with E-state index in [1.54, 1.807) is 43.4 Å². The van der Waals surface area contributed by atoms with E-state index in [0.29, 0.717) is 49.1 Å². The monoisotopic (exact) mass is 359 g/mol. The molecule has 1 aromatic heterocycles. The molecule has 3 rings (SSSR count). The van der Waals surface area contributed by atoms with Gasteiger partial charge in [-0.2, -0.15) is 5.10 Å². The van der Waals surface area contributed by atoms with E-state index in [1.807, 2.05) is 0 Å². The molecule has 1 aliphatic heterocycles. The number of carbonyl (C=O) groups is 1. The quantitative estimate of drug-likeness (QED) is 0.785. The van der Waals surface area contributed by atoms with E-state index < -0.39 is 0 Å². The van der Waals surface area contributed by atoms with Crippen molar-refractivity contribution in [2.75, 3.05) is 40.5 Å². The zero-order valence-corrected chi connectivity index (χ0v) is 14.8. The average molecular weight is 359 g/mol. The van der Waals surface area contributed by atoms with Crippen LogP contribution in [0.25, 0.3) is 11.3 Å². The first-order valence-corrected chi connectivity index (χ1v) is 8.28. The molecule has 138 valence electrons. The van der Waals surface area contributed by atoms with Crippen LogP contribution in [0.2, 0.25) is 0 Å². The standard InChI is InChI=1S/C18H21N3O5/c1-24-13-3-5-16(25-2)14(11-13)15-4-6-17(22)21(19-15)12-18(23)20-7-9-26-10-8-20/h3-6,11H,7-10,12H2,1-2H3. The van der Waals surface area contributed by atoms with Crippen molar-refractivity contribution < 1.29 is 19.0 Å². The van der Waals surface area contributed by atoms with Gasteiger partial charge in [0.15, 0.2) is 0 Å². The van der Waals surface area contributed by atoms with Gasteiger partial charge in [0, 0.05) is 24.7 Å². The summed E-state index contributed by atoms with van der Waals surface area (Å²) in [6.45, 7) is 1.96. The molecule has 2 aromatic rings. The molecule has 1 saturated heterocycles. The van der Waals surface area contributed by atoms with Crippen LogP contribution >= 0.6 is 0 Å². The molecule has 1 fully saturated rings. The first-order valence-electron chi connectivity index (χ1n) is 8.28. The molecular formula is C18H21N3O5. The lowest BCUT2D eigenvalue weighted by molar-refractivity contribution is -0.136. The first kappa shape index (κ1) is 17.9. The van der Waals surface area contributed by atoms with Gasteiger partial charge < -0.3 is 19.1 Å². The highest BCUT2D eigenvalue weighted by atomic mass is 16.5. The molecule has 0 N–H and O–H groups in total. The lowest BCUT2D eigenvalue weighted by atomic mass is 10.1. The number of benzene rings is 1. The molecule has 0 bridgehead atoms. The number of hydrogen-bond acceptors (Lipinski definition) is 6. The summed E-state index contributed by atoms with van der Waals surface area (Å²) < 4.78 is 17.0. The van der Waals surface area contributed by atoms with Crippen molar-refractivity contribution in [2.24, 2.45) is 0 Å². The van der Waals surface area contributed by atoms with Gasteiger partial charge in [-0.05, 0) is 24.3 Å². The molecule has 0 spiro atoms. The van der Waals surface area contributed by atoms with Crippen molar-refractivity contribution in [3.63, 3.8) is 0 Å². The zero-order chi connectivity index (χ0) is 18.5. The smallest absolute Gasteiger partial charge is 0.267 e. The van der Waals surface area contributed by atoms with Crippen LogP contribution in [0.3, 0.4) is 0 Å². The summed E-state index contributed by atoms with van der Waals surface area (Å²) in [4.78, 5) is 26.2. The molecule has 0 aliphatic carbocycles. The van der Waals surface area contributed by atoms with Crippen molar-refractivity contribution in [3.8, 4) is 22.8 Å². The summed E-state index contributed by atoms with van der Waals surface area (Å²) in [5.74, 6) is 1.09. The Morgan fingerprint density at radius 1 is 1.15 bits per heavy atom. The molecule has 0 radical (unpaired) electrons. The average Bonchev–Trinajstić information content (AvgIpc) is 2.69. The molecule has 8 heteroatoms. The normalized spacial score (nSPS) is 14.2. The number of methoxy groups -OCH3 is 2. The third-order valence-corrected chi connectivity index (χ3v) is 4.20. The first-order chi connectivity index (χ1) is 12.6. The lowest BCUT2D eigenvalue weighted by Gasteiger charge is -2.26. The molecule has 8 nitrogen and oxygen atoms in total. The topological polar surface area (TPSA) is 82.9 Å². The van der Waals surface area contributed by atoms with Gasteiger partial charge in [0.2, 0.25) is 5.91 Å². The Morgan fingerprint density at radius 3 is 2.62 bits per heavy atom. The van der Waals surface area contributed by atoms with Crippen LogP contribution in [0.4, 0.5) is 0 Å². The fourth-order valence-electron chi connectivity index (χ4n) is 2.76. The third kappa shape index (κ3) is 3.85. The number of rotatable bonds is 5. The minimum absolute atomic E-state index is 0.112. The van der Waals surface area contributed by atoms with E-state index in [2.05, 4.69) is 5.10 Å². The summed E-state index contributed by atoms with van der Waals surface area (Å²) in [6.07, 6.45) is 0.